The summed E-state index contributed by atoms with van der Waals surface area (Å²) in [6.45, 7) is 0.530. The third kappa shape index (κ3) is 4.69. The van der Waals surface area contributed by atoms with Crippen LogP contribution in [-0.2, 0) is 19.1 Å². The second-order valence-electron chi connectivity index (χ2n) is 6.89. The van der Waals surface area contributed by atoms with Gasteiger partial charge in [-0.1, -0.05) is 46.4 Å². The van der Waals surface area contributed by atoms with Crippen LogP contribution in [0.4, 0.5) is 5.69 Å². The number of nitrogens with one attached hydrogen (secondary N) is 1. The number of benzene rings is 2. The van der Waals surface area contributed by atoms with E-state index >= 15 is 0 Å². The Hall–Kier alpha value is -2.85. The molecule has 0 spiro atoms. The zero-order valence-electron chi connectivity index (χ0n) is 17.4. The van der Waals surface area contributed by atoms with Crippen molar-refractivity contribution >= 4 is 81.8 Å². The Bertz CT molecular complexity index is 1180. The van der Waals surface area contributed by atoms with Crippen LogP contribution in [0, 0.1) is 0 Å². The third-order valence-corrected chi connectivity index (χ3v) is 6.60. The number of halogens is 4. The van der Waals surface area contributed by atoms with Gasteiger partial charge in [0.1, 0.15) is 6.04 Å². The van der Waals surface area contributed by atoms with Crippen molar-refractivity contribution in [2.75, 3.05) is 19.0 Å². The predicted molar refractivity (Wildman–Crippen MR) is 124 cm³/mol. The van der Waals surface area contributed by atoms with E-state index in [1.54, 1.807) is 0 Å². The maximum atomic E-state index is 12.8. The summed E-state index contributed by atoms with van der Waals surface area (Å²) in [4.78, 5) is 62.2. The molecular weight excluding hydrogens is 534 g/mol. The van der Waals surface area contributed by atoms with Crippen molar-refractivity contribution in [2.24, 2.45) is 0 Å². The highest BCUT2D eigenvalue weighted by molar-refractivity contribution is 6.55. The van der Waals surface area contributed by atoms with E-state index in [9.17, 15) is 24.0 Å². The zero-order valence-corrected chi connectivity index (χ0v) is 20.4. The van der Waals surface area contributed by atoms with Crippen LogP contribution < -0.4 is 5.32 Å². The van der Waals surface area contributed by atoms with Gasteiger partial charge in [-0.3, -0.25) is 19.3 Å². The van der Waals surface area contributed by atoms with Gasteiger partial charge in [-0.15, -0.1) is 0 Å². The van der Waals surface area contributed by atoms with E-state index in [2.05, 4.69) is 10.1 Å². The fourth-order valence-electron chi connectivity index (χ4n) is 3.09. The van der Waals surface area contributed by atoms with E-state index in [4.69, 9.17) is 51.1 Å². The lowest BCUT2D eigenvalue weighted by molar-refractivity contribution is -0.150. The molecule has 0 bridgehead atoms. The molecule has 1 aliphatic rings. The van der Waals surface area contributed by atoms with Gasteiger partial charge in [0, 0.05) is 5.69 Å². The molecule has 2 aromatic rings. The molecule has 13 heteroatoms. The minimum Gasteiger partial charge on any atom is -0.465 e. The fraction of sp³-hybridized carbons (Fsp3) is 0.190. The zero-order chi connectivity index (χ0) is 25.3. The Balaban J connectivity index is 1.66. The van der Waals surface area contributed by atoms with E-state index in [1.807, 2.05) is 0 Å². The van der Waals surface area contributed by atoms with Crippen LogP contribution in [0.2, 0.25) is 20.1 Å². The van der Waals surface area contributed by atoms with Gasteiger partial charge >= 0.3 is 11.9 Å². The van der Waals surface area contributed by atoms with E-state index in [-0.39, 0.29) is 36.8 Å². The molecule has 3 amide bonds. The number of hydrogen-bond acceptors (Lipinski definition) is 7. The number of nitrogens with zero attached hydrogens (tertiary/aromatic N) is 1. The van der Waals surface area contributed by atoms with Crippen molar-refractivity contribution < 1.29 is 33.4 Å². The van der Waals surface area contributed by atoms with Crippen LogP contribution in [0.3, 0.4) is 0 Å². The summed E-state index contributed by atoms with van der Waals surface area (Å²) in [6, 6.07) is 4.37. The van der Waals surface area contributed by atoms with Crippen molar-refractivity contribution in [3.63, 3.8) is 0 Å². The highest BCUT2D eigenvalue weighted by Gasteiger charge is 2.45. The Morgan fingerprint density at radius 3 is 1.88 bits per heavy atom. The van der Waals surface area contributed by atoms with Crippen molar-refractivity contribution in [2.45, 2.75) is 13.0 Å². The van der Waals surface area contributed by atoms with Crippen molar-refractivity contribution in [3.8, 4) is 0 Å². The van der Waals surface area contributed by atoms with Gasteiger partial charge in [-0.2, -0.15) is 0 Å². The summed E-state index contributed by atoms with van der Waals surface area (Å²) < 4.78 is 9.53. The van der Waals surface area contributed by atoms with Crippen LogP contribution in [0.25, 0.3) is 0 Å². The number of methoxy groups -OCH3 is 1. The van der Waals surface area contributed by atoms with E-state index in [0.717, 1.165) is 0 Å². The summed E-state index contributed by atoms with van der Waals surface area (Å²) in [5.74, 6) is -4.09. The van der Waals surface area contributed by atoms with Gasteiger partial charge in [0.25, 0.3) is 17.7 Å². The Morgan fingerprint density at radius 1 is 0.912 bits per heavy atom. The fourth-order valence-corrected chi connectivity index (χ4v) is 4.10. The topological polar surface area (TPSA) is 119 Å². The molecule has 0 fully saturated rings. The van der Waals surface area contributed by atoms with Gasteiger partial charge in [0.15, 0.2) is 6.61 Å². The number of amides is 3. The first kappa shape index (κ1) is 25.8. The number of hydrogen-bond donors (Lipinski definition) is 1. The Kier molecular flexibility index (Phi) is 7.72. The number of fused-ring (bicyclic) bond motifs is 1. The molecule has 1 atom stereocenters. The number of carbonyl (C=O) groups excluding carboxylic acids is 5. The largest absolute Gasteiger partial charge is 0.465 e. The average Bonchev–Trinajstić information content (AvgIpc) is 3.09. The molecular formula is C21H14Cl4N2O7. The number of anilines is 1. The first-order valence-corrected chi connectivity index (χ1v) is 10.9. The quantitative estimate of drug-likeness (QED) is 0.248. The molecule has 1 N–H and O–H groups in total. The van der Waals surface area contributed by atoms with Crippen LogP contribution >= 0.6 is 46.4 Å². The number of rotatable bonds is 6. The van der Waals surface area contributed by atoms with Gasteiger partial charge in [-0.25, -0.2) is 9.59 Å². The molecule has 3 rings (SSSR count). The number of carbonyl (C=O) groups is 5. The van der Waals surface area contributed by atoms with Crippen molar-refractivity contribution in [3.05, 3.63) is 61.0 Å². The maximum Gasteiger partial charge on any atom is 0.337 e. The number of esters is 2. The van der Waals surface area contributed by atoms with Crippen LogP contribution in [-0.4, -0.2) is 54.3 Å². The first-order chi connectivity index (χ1) is 16.0. The third-order valence-electron chi connectivity index (χ3n) is 4.80. The lowest BCUT2D eigenvalue weighted by Crippen LogP contribution is -2.44. The highest BCUT2D eigenvalue weighted by Crippen LogP contribution is 2.45. The summed E-state index contributed by atoms with van der Waals surface area (Å²) in [5, 5.41) is 1.51. The van der Waals surface area contributed by atoms with Gasteiger partial charge in [-0.05, 0) is 31.2 Å². The van der Waals surface area contributed by atoms with E-state index in [1.165, 1.54) is 38.3 Å². The van der Waals surface area contributed by atoms with Gasteiger partial charge in [0.05, 0.1) is 43.9 Å². The molecule has 0 saturated carbocycles. The summed E-state index contributed by atoms with van der Waals surface area (Å²) in [7, 11) is 1.24. The number of imide groups is 1. The molecule has 0 aromatic heterocycles. The molecule has 0 radical (unpaired) electrons. The van der Waals surface area contributed by atoms with Gasteiger partial charge < -0.3 is 14.8 Å². The van der Waals surface area contributed by atoms with Crippen molar-refractivity contribution in [1.29, 1.82) is 0 Å². The first-order valence-electron chi connectivity index (χ1n) is 9.38. The minimum atomic E-state index is -1.41. The van der Waals surface area contributed by atoms with Crippen molar-refractivity contribution in [1.82, 2.24) is 4.90 Å². The Labute approximate surface area is 212 Å². The summed E-state index contributed by atoms with van der Waals surface area (Å²) >= 11 is 24.1. The molecule has 0 saturated heterocycles. The number of ether oxygens (including phenoxy) is 2. The minimum absolute atomic E-state index is 0.207. The second kappa shape index (κ2) is 10.2. The standard InChI is InChI=1S/C21H14Cl4N2O7/c1-8(27-18(29)12-13(19(27)30)15(23)17(25)16(24)14(12)22)20(31)34-7-11(28)26-10-5-3-9(4-6-10)21(32)33-2/h3-6,8H,7H2,1-2H3,(H,26,28)/t8-/m1/s1. The molecule has 0 unspecified atom stereocenters. The lowest BCUT2D eigenvalue weighted by atomic mass is 10.1. The molecule has 34 heavy (non-hydrogen) atoms. The monoisotopic (exact) mass is 546 g/mol. The summed E-state index contributed by atoms with van der Waals surface area (Å²) in [5.41, 5.74) is 0.0577. The maximum absolute atomic E-state index is 12.8. The molecule has 2 aromatic carbocycles. The van der Waals surface area contributed by atoms with Gasteiger partial charge in [0.2, 0.25) is 0 Å². The Morgan fingerprint density at radius 2 is 1.41 bits per heavy atom. The highest BCUT2D eigenvalue weighted by atomic mass is 35.5. The van der Waals surface area contributed by atoms with Crippen LogP contribution in [0.1, 0.15) is 38.0 Å². The average molecular weight is 548 g/mol. The van der Waals surface area contributed by atoms with E-state index in [0.29, 0.717) is 10.6 Å². The van der Waals surface area contributed by atoms with Crippen LogP contribution in [0.5, 0.6) is 0 Å². The molecule has 9 nitrogen and oxygen atoms in total. The van der Waals surface area contributed by atoms with E-state index < -0.39 is 42.3 Å². The second-order valence-corrected chi connectivity index (χ2v) is 8.40. The summed E-state index contributed by atoms with van der Waals surface area (Å²) in [6.07, 6.45) is 0. The smallest absolute Gasteiger partial charge is 0.337 e. The van der Waals surface area contributed by atoms with Crippen LogP contribution in [0.15, 0.2) is 24.3 Å². The normalized spacial score (nSPS) is 13.4. The predicted octanol–water partition coefficient (Wildman–Crippen LogP) is 4.25. The SMILES string of the molecule is COC(=O)c1ccc(NC(=O)COC(=O)[C@@H](C)N2C(=O)c3c(Cl)c(Cl)c(Cl)c(Cl)c3C2=O)cc1. The molecule has 1 aliphatic heterocycles. The molecule has 1 heterocycles. The molecule has 0 aliphatic carbocycles. The lowest BCUT2D eigenvalue weighted by Gasteiger charge is -2.20. The molecule has 178 valence electrons.